The molecule has 0 bridgehead atoms. The highest BCUT2D eigenvalue weighted by atomic mass is 16.5. The number of nitrogens with one attached hydrogen (secondary N) is 2. The maximum atomic E-state index is 13.1. The highest BCUT2D eigenvalue weighted by Crippen LogP contribution is 2.27. The number of hydrogen-bond acceptors (Lipinski definition) is 5. The number of carbonyl (C=O) groups is 4. The fourth-order valence-corrected chi connectivity index (χ4v) is 4.63. The molecule has 0 spiro atoms. The van der Waals surface area contributed by atoms with Gasteiger partial charge in [0.25, 0.3) is 0 Å². The average Bonchev–Trinajstić information content (AvgIpc) is 2.84. The van der Waals surface area contributed by atoms with E-state index in [2.05, 4.69) is 15.4 Å². The van der Waals surface area contributed by atoms with Crippen LogP contribution in [-0.4, -0.2) is 48.6 Å². The summed E-state index contributed by atoms with van der Waals surface area (Å²) >= 11 is 0. The van der Waals surface area contributed by atoms with Gasteiger partial charge in [-0.2, -0.15) is 0 Å². The van der Waals surface area contributed by atoms with Gasteiger partial charge in [-0.3, -0.25) is 19.2 Å². The van der Waals surface area contributed by atoms with Gasteiger partial charge in [0.15, 0.2) is 0 Å². The lowest BCUT2D eigenvalue weighted by Gasteiger charge is -2.27. The number of carboxylic acids is 1. The van der Waals surface area contributed by atoms with Gasteiger partial charge in [-0.05, 0) is 44.1 Å². The summed E-state index contributed by atoms with van der Waals surface area (Å²) in [6.07, 6.45) is 7.55. The molecule has 0 saturated heterocycles. The summed E-state index contributed by atoms with van der Waals surface area (Å²) in [5.41, 5.74) is 2.32. The molecule has 1 fully saturated rings. The van der Waals surface area contributed by atoms with E-state index in [1.54, 1.807) is 0 Å². The van der Waals surface area contributed by atoms with Crippen LogP contribution < -0.4 is 10.6 Å². The molecule has 3 N–H and O–H groups in total. The van der Waals surface area contributed by atoms with E-state index < -0.39 is 29.8 Å². The van der Waals surface area contributed by atoms with Gasteiger partial charge in [-0.1, -0.05) is 61.9 Å². The predicted molar refractivity (Wildman–Crippen MR) is 133 cm³/mol. The van der Waals surface area contributed by atoms with Crippen LogP contribution in [0.2, 0.25) is 0 Å². The fraction of sp³-hybridized carbons (Fsp3) is 0.630. The Hall–Kier alpha value is -2.90. The van der Waals surface area contributed by atoms with Gasteiger partial charge in [0.2, 0.25) is 11.8 Å². The highest BCUT2D eigenvalue weighted by molar-refractivity contribution is 5.90. The molecular formula is C27H40N2O6. The van der Waals surface area contributed by atoms with Gasteiger partial charge < -0.3 is 20.5 Å². The van der Waals surface area contributed by atoms with Crippen LogP contribution in [0.4, 0.5) is 0 Å². The minimum absolute atomic E-state index is 0.0486. The van der Waals surface area contributed by atoms with Crippen LogP contribution >= 0.6 is 0 Å². The van der Waals surface area contributed by atoms with Crippen LogP contribution in [-0.2, 0) is 30.3 Å². The van der Waals surface area contributed by atoms with Crippen LogP contribution in [0.3, 0.4) is 0 Å². The summed E-state index contributed by atoms with van der Waals surface area (Å²) in [6.45, 7) is 2.14. The molecule has 0 aliphatic heterocycles. The summed E-state index contributed by atoms with van der Waals surface area (Å²) in [5, 5.41) is 14.9. The lowest BCUT2D eigenvalue weighted by atomic mass is 9.84. The van der Waals surface area contributed by atoms with Crippen molar-refractivity contribution < 1.29 is 29.0 Å². The summed E-state index contributed by atoms with van der Waals surface area (Å²) < 4.78 is 4.61. The second kappa shape index (κ2) is 15.2. The van der Waals surface area contributed by atoms with E-state index >= 15 is 0 Å². The van der Waals surface area contributed by atoms with Crippen LogP contribution in [0.5, 0.6) is 0 Å². The number of methoxy groups -OCH3 is 1. The second-order valence-corrected chi connectivity index (χ2v) is 9.59. The molecule has 0 unspecified atom stereocenters. The van der Waals surface area contributed by atoms with E-state index in [1.165, 1.54) is 19.1 Å². The predicted octanol–water partition coefficient (Wildman–Crippen LogP) is 3.54. The zero-order valence-corrected chi connectivity index (χ0v) is 21.0. The summed E-state index contributed by atoms with van der Waals surface area (Å²) in [5.74, 6) is -2.59. The first kappa shape index (κ1) is 28.3. The quantitative estimate of drug-likeness (QED) is 0.344. The normalized spacial score (nSPS) is 15.6. The molecule has 8 nitrogen and oxygen atoms in total. The van der Waals surface area contributed by atoms with E-state index in [9.17, 15) is 24.3 Å². The number of benzene rings is 1. The van der Waals surface area contributed by atoms with E-state index in [0.717, 1.165) is 37.7 Å². The van der Waals surface area contributed by atoms with Crippen molar-refractivity contribution in [3.8, 4) is 0 Å². The zero-order valence-electron chi connectivity index (χ0n) is 21.0. The second-order valence-electron chi connectivity index (χ2n) is 9.59. The zero-order chi connectivity index (χ0) is 25.6. The van der Waals surface area contributed by atoms with E-state index in [1.807, 2.05) is 31.2 Å². The SMILES string of the molecule is COC(=O)CCNC(=O)[C@H](CC1CCCCC1)NC(=O)[C@H](CCCc1ccc(C)cc1)CC(=O)O. The summed E-state index contributed by atoms with van der Waals surface area (Å²) in [6, 6.07) is 7.40. The number of esters is 1. The molecule has 1 saturated carbocycles. The highest BCUT2D eigenvalue weighted by Gasteiger charge is 2.29. The van der Waals surface area contributed by atoms with Crippen molar-refractivity contribution >= 4 is 23.8 Å². The van der Waals surface area contributed by atoms with Gasteiger partial charge in [0.05, 0.1) is 20.0 Å². The Morgan fingerprint density at radius 1 is 1.06 bits per heavy atom. The molecule has 1 aliphatic rings. The molecule has 8 heteroatoms. The number of aryl methyl sites for hydroxylation is 2. The molecule has 1 aromatic rings. The van der Waals surface area contributed by atoms with Crippen LogP contribution in [0.1, 0.15) is 75.3 Å². The van der Waals surface area contributed by atoms with Crippen molar-refractivity contribution in [1.29, 1.82) is 0 Å². The molecule has 35 heavy (non-hydrogen) atoms. The maximum Gasteiger partial charge on any atom is 0.307 e. The molecule has 2 amide bonds. The Morgan fingerprint density at radius 2 is 1.74 bits per heavy atom. The van der Waals surface area contributed by atoms with Crippen molar-refractivity contribution in [3.05, 3.63) is 35.4 Å². The Kier molecular flexibility index (Phi) is 12.3. The largest absolute Gasteiger partial charge is 0.481 e. The topological polar surface area (TPSA) is 122 Å². The van der Waals surface area contributed by atoms with Crippen molar-refractivity contribution in [1.82, 2.24) is 10.6 Å². The molecule has 0 aromatic heterocycles. The molecule has 1 aromatic carbocycles. The molecule has 1 aliphatic carbocycles. The van der Waals surface area contributed by atoms with E-state index in [4.69, 9.17) is 0 Å². The number of hydrogen-bond donors (Lipinski definition) is 3. The Morgan fingerprint density at radius 3 is 2.37 bits per heavy atom. The smallest absolute Gasteiger partial charge is 0.307 e. The van der Waals surface area contributed by atoms with Crippen molar-refractivity contribution in [3.63, 3.8) is 0 Å². The number of carboxylic acid groups (broad SMARTS) is 1. The van der Waals surface area contributed by atoms with Gasteiger partial charge in [0.1, 0.15) is 6.04 Å². The fourth-order valence-electron chi connectivity index (χ4n) is 4.63. The average molecular weight is 489 g/mol. The van der Waals surface area contributed by atoms with Crippen LogP contribution in [0.25, 0.3) is 0 Å². The number of ether oxygens (including phenoxy) is 1. The molecule has 0 heterocycles. The molecule has 0 radical (unpaired) electrons. The molecule has 2 atom stereocenters. The van der Waals surface area contributed by atoms with Gasteiger partial charge in [0, 0.05) is 12.5 Å². The first-order chi connectivity index (χ1) is 16.8. The summed E-state index contributed by atoms with van der Waals surface area (Å²) in [4.78, 5) is 48.8. The Bertz CT molecular complexity index is 833. The van der Waals surface area contributed by atoms with Crippen molar-refractivity contribution in [2.45, 2.75) is 83.6 Å². The van der Waals surface area contributed by atoms with E-state index in [0.29, 0.717) is 25.2 Å². The molecular weight excluding hydrogens is 448 g/mol. The number of rotatable bonds is 14. The van der Waals surface area contributed by atoms with Gasteiger partial charge >= 0.3 is 11.9 Å². The third kappa shape index (κ3) is 10.9. The first-order valence-corrected chi connectivity index (χ1v) is 12.7. The van der Waals surface area contributed by atoms with Crippen molar-refractivity contribution in [2.24, 2.45) is 11.8 Å². The number of carbonyl (C=O) groups excluding carboxylic acids is 3. The first-order valence-electron chi connectivity index (χ1n) is 12.7. The molecule has 2 rings (SSSR count). The lowest BCUT2D eigenvalue weighted by molar-refractivity contribution is -0.141. The third-order valence-electron chi connectivity index (χ3n) is 6.71. The van der Waals surface area contributed by atoms with Gasteiger partial charge in [-0.15, -0.1) is 0 Å². The third-order valence-corrected chi connectivity index (χ3v) is 6.71. The number of aliphatic carboxylic acids is 1. The number of amides is 2. The van der Waals surface area contributed by atoms with Crippen LogP contribution in [0, 0.1) is 18.8 Å². The Balaban J connectivity index is 2.00. The van der Waals surface area contributed by atoms with Gasteiger partial charge in [-0.25, -0.2) is 0 Å². The molecule has 194 valence electrons. The van der Waals surface area contributed by atoms with Crippen molar-refractivity contribution in [2.75, 3.05) is 13.7 Å². The van der Waals surface area contributed by atoms with E-state index in [-0.39, 0.29) is 25.3 Å². The lowest BCUT2D eigenvalue weighted by Crippen LogP contribution is -2.50. The monoisotopic (exact) mass is 488 g/mol. The van der Waals surface area contributed by atoms with Crippen LogP contribution in [0.15, 0.2) is 24.3 Å². The maximum absolute atomic E-state index is 13.1. The minimum Gasteiger partial charge on any atom is -0.481 e. The minimum atomic E-state index is -1.04. The standard InChI is InChI=1S/C27H40N2O6/c1-19-11-13-20(14-12-19)9-6-10-22(18-24(30)31)26(33)29-23(17-21-7-4-3-5-8-21)27(34)28-16-15-25(32)35-2/h11-14,21-23H,3-10,15-18H2,1-2H3,(H,28,34)(H,29,33)(H,30,31)/t22-,23+/m1/s1. The Labute approximate surface area is 208 Å². The summed E-state index contributed by atoms with van der Waals surface area (Å²) in [7, 11) is 1.29.